The van der Waals surface area contributed by atoms with Gasteiger partial charge < -0.3 is 20.6 Å². The van der Waals surface area contributed by atoms with Gasteiger partial charge in [-0.3, -0.25) is 24.5 Å². The van der Waals surface area contributed by atoms with Crippen LogP contribution in [0.4, 0.5) is 4.79 Å². The monoisotopic (exact) mass is 388 g/mol. The molecule has 4 N–H and O–H groups in total. The zero-order valence-corrected chi connectivity index (χ0v) is 15.0. The third-order valence-electron chi connectivity index (χ3n) is 4.78. The second kappa shape index (κ2) is 8.07. The van der Waals surface area contributed by atoms with Crippen molar-refractivity contribution >= 4 is 29.7 Å². The zero-order chi connectivity index (χ0) is 20.3. The summed E-state index contributed by atoms with van der Waals surface area (Å²) in [4.78, 5) is 59.9. The Morgan fingerprint density at radius 3 is 2.71 bits per heavy atom. The molecule has 0 bridgehead atoms. The maximum atomic E-state index is 12.7. The molecule has 28 heavy (non-hydrogen) atoms. The first-order chi connectivity index (χ1) is 13.4. The number of piperidine rings is 1. The van der Waals surface area contributed by atoms with Gasteiger partial charge in [0, 0.05) is 38.0 Å². The summed E-state index contributed by atoms with van der Waals surface area (Å²) >= 11 is 0. The number of imide groups is 1. The fourth-order valence-electron chi connectivity index (χ4n) is 3.38. The predicted octanol–water partition coefficient (Wildman–Crippen LogP) is -0.279. The largest absolute Gasteiger partial charge is 0.465 e. The fourth-order valence-corrected chi connectivity index (χ4v) is 3.38. The van der Waals surface area contributed by atoms with Crippen molar-refractivity contribution in [2.75, 3.05) is 6.54 Å². The number of hydrogen-bond donors (Lipinski definition) is 4. The molecule has 3 rings (SSSR count). The SMILES string of the molecule is O=C(O)NCCC(=O)NCc1cccc2c1CN(C1CCC(=O)NC1=O)C2=O. The smallest absolute Gasteiger partial charge is 0.404 e. The maximum Gasteiger partial charge on any atom is 0.404 e. The highest BCUT2D eigenvalue weighted by atomic mass is 16.4. The molecule has 0 saturated carbocycles. The van der Waals surface area contributed by atoms with Gasteiger partial charge in [-0.2, -0.15) is 0 Å². The second-order valence-electron chi connectivity index (χ2n) is 6.60. The Kier molecular flexibility index (Phi) is 5.57. The average molecular weight is 388 g/mol. The van der Waals surface area contributed by atoms with Crippen LogP contribution in [0.5, 0.6) is 0 Å². The number of nitrogens with one attached hydrogen (secondary N) is 3. The van der Waals surface area contributed by atoms with Gasteiger partial charge in [0.2, 0.25) is 17.7 Å². The van der Waals surface area contributed by atoms with Crippen molar-refractivity contribution in [3.05, 3.63) is 34.9 Å². The fraction of sp³-hybridized carbons (Fsp3) is 0.389. The summed E-state index contributed by atoms with van der Waals surface area (Å²) in [6.45, 7) is 0.425. The van der Waals surface area contributed by atoms with Gasteiger partial charge in [-0.15, -0.1) is 0 Å². The number of hydrogen-bond acceptors (Lipinski definition) is 5. The van der Waals surface area contributed by atoms with Crippen molar-refractivity contribution in [1.29, 1.82) is 0 Å². The van der Waals surface area contributed by atoms with Gasteiger partial charge in [0.25, 0.3) is 5.91 Å². The third-order valence-corrected chi connectivity index (χ3v) is 4.78. The van der Waals surface area contributed by atoms with E-state index in [4.69, 9.17) is 5.11 Å². The quantitative estimate of drug-likeness (QED) is 0.493. The molecule has 1 atom stereocenters. The Labute approximate surface area is 160 Å². The van der Waals surface area contributed by atoms with E-state index in [1.54, 1.807) is 18.2 Å². The lowest BCUT2D eigenvalue weighted by Gasteiger charge is -2.29. The van der Waals surface area contributed by atoms with Gasteiger partial charge in [-0.25, -0.2) is 4.79 Å². The minimum atomic E-state index is -1.19. The highest BCUT2D eigenvalue weighted by molar-refractivity contribution is 6.05. The lowest BCUT2D eigenvalue weighted by molar-refractivity contribution is -0.137. The standard InChI is InChI=1S/C18H20N4O6/c23-14(6-7-19-18(27)28)20-8-10-2-1-3-11-12(10)9-22(17(11)26)13-4-5-15(24)21-16(13)25/h1-3,13,19H,4-9H2,(H,20,23)(H,27,28)(H,21,24,25). The first-order valence-electron chi connectivity index (χ1n) is 8.85. The van der Waals surface area contributed by atoms with Crippen molar-refractivity contribution < 1.29 is 29.1 Å². The number of fused-ring (bicyclic) bond motifs is 1. The highest BCUT2D eigenvalue weighted by Gasteiger charge is 2.39. The van der Waals surface area contributed by atoms with Crippen LogP contribution in [0.15, 0.2) is 18.2 Å². The molecule has 10 nitrogen and oxygen atoms in total. The average Bonchev–Trinajstić information content (AvgIpc) is 2.97. The summed E-state index contributed by atoms with van der Waals surface area (Å²) < 4.78 is 0. The molecular formula is C18H20N4O6. The Hall–Kier alpha value is -3.43. The summed E-state index contributed by atoms with van der Waals surface area (Å²) in [5, 5.41) is 15.6. The van der Waals surface area contributed by atoms with Gasteiger partial charge in [0.15, 0.2) is 0 Å². The Bertz CT molecular complexity index is 852. The summed E-state index contributed by atoms with van der Waals surface area (Å²) in [7, 11) is 0. The summed E-state index contributed by atoms with van der Waals surface area (Å²) in [6, 6.07) is 4.47. The molecule has 10 heteroatoms. The second-order valence-corrected chi connectivity index (χ2v) is 6.60. The van der Waals surface area contributed by atoms with E-state index in [0.717, 1.165) is 11.1 Å². The van der Waals surface area contributed by atoms with Gasteiger partial charge >= 0.3 is 6.09 Å². The third kappa shape index (κ3) is 4.11. The Morgan fingerprint density at radius 2 is 2.00 bits per heavy atom. The number of carbonyl (C=O) groups is 5. The predicted molar refractivity (Wildman–Crippen MR) is 95.0 cm³/mol. The maximum absolute atomic E-state index is 12.7. The van der Waals surface area contributed by atoms with E-state index < -0.39 is 18.0 Å². The van der Waals surface area contributed by atoms with Crippen molar-refractivity contribution in [3.8, 4) is 0 Å². The Balaban J connectivity index is 1.65. The lowest BCUT2D eigenvalue weighted by Crippen LogP contribution is -2.52. The van der Waals surface area contributed by atoms with Crippen LogP contribution in [-0.4, -0.2) is 52.3 Å². The van der Waals surface area contributed by atoms with E-state index in [1.807, 2.05) is 0 Å². The van der Waals surface area contributed by atoms with Crippen LogP contribution >= 0.6 is 0 Å². The molecule has 2 heterocycles. The molecule has 5 amide bonds. The molecule has 2 aliphatic rings. The van der Waals surface area contributed by atoms with Crippen LogP contribution in [0.3, 0.4) is 0 Å². The number of amides is 5. The molecule has 1 unspecified atom stereocenters. The number of benzene rings is 1. The van der Waals surface area contributed by atoms with Crippen LogP contribution in [-0.2, 0) is 27.5 Å². The lowest BCUT2D eigenvalue weighted by atomic mass is 10.0. The first-order valence-corrected chi connectivity index (χ1v) is 8.85. The van der Waals surface area contributed by atoms with Crippen LogP contribution < -0.4 is 16.0 Å². The number of rotatable bonds is 6. The molecule has 0 spiro atoms. The summed E-state index contributed by atoms with van der Waals surface area (Å²) in [5.41, 5.74) is 1.96. The van der Waals surface area contributed by atoms with Gasteiger partial charge in [-0.1, -0.05) is 12.1 Å². The topological polar surface area (TPSA) is 145 Å². The van der Waals surface area contributed by atoms with Gasteiger partial charge in [-0.05, 0) is 23.6 Å². The molecule has 0 aromatic heterocycles. The van der Waals surface area contributed by atoms with Crippen LogP contribution in [0.1, 0.15) is 40.7 Å². The van der Waals surface area contributed by atoms with E-state index >= 15 is 0 Å². The number of nitrogens with zero attached hydrogens (tertiary/aromatic N) is 1. The van der Waals surface area contributed by atoms with Crippen LogP contribution in [0, 0.1) is 0 Å². The van der Waals surface area contributed by atoms with Gasteiger partial charge in [0.1, 0.15) is 6.04 Å². The summed E-state index contributed by atoms with van der Waals surface area (Å²) in [6.07, 6.45) is -0.722. The van der Waals surface area contributed by atoms with E-state index in [1.165, 1.54) is 4.90 Å². The normalized spacial score (nSPS) is 18.5. The van der Waals surface area contributed by atoms with E-state index in [9.17, 15) is 24.0 Å². The molecular weight excluding hydrogens is 368 g/mol. The molecule has 0 aliphatic carbocycles. The van der Waals surface area contributed by atoms with Crippen molar-refractivity contribution in [3.63, 3.8) is 0 Å². The molecule has 1 saturated heterocycles. The summed E-state index contributed by atoms with van der Waals surface area (Å²) in [5.74, 6) is -1.41. The molecule has 2 aliphatic heterocycles. The van der Waals surface area contributed by atoms with Crippen molar-refractivity contribution in [1.82, 2.24) is 20.9 Å². The van der Waals surface area contributed by atoms with E-state index in [-0.39, 0.29) is 56.6 Å². The molecule has 1 fully saturated rings. The Morgan fingerprint density at radius 1 is 1.21 bits per heavy atom. The molecule has 1 aromatic rings. The molecule has 0 radical (unpaired) electrons. The van der Waals surface area contributed by atoms with Crippen molar-refractivity contribution in [2.24, 2.45) is 0 Å². The van der Waals surface area contributed by atoms with E-state index in [2.05, 4.69) is 16.0 Å². The molecule has 1 aromatic carbocycles. The minimum Gasteiger partial charge on any atom is -0.465 e. The van der Waals surface area contributed by atoms with Crippen LogP contribution in [0.2, 0.25) is 0 Å². The van der Waals surface area contributed by atoms with Crippen molar-refractivity contribution in [2.45, 2.75) is 38.4 Å². The minimum absolute atomic E-state index is 0.00263. The number of carbonyl (C=O) groups excluding carboxylic acids is 4. The first kappa shape index (κ1) is 19.3. The van der Waals surface area contributed by atoms with Crippen LogP contribution in [0.25, 0.3) is 0 Å². The molecule has 148 valence electrons. The highest BCUT2D eigenvalue weighted by Crippen LogP contribution is 2.29. The van der Waals surface area contributed by atoms with E-state index in [0.29, 0.717) is 5.56 Å². The zero-order valence-electron chi connectivity index (χ0n) is 15.0. The number of carboxylic acid groups (broad SMARTS) is 1. The van der Waals surface area contributed by atoms with Gasteiger partial charge in [0.05, 0.1) is 0 Å².